The number of nitrogens with zero attached hydrogens (tertiary/aromatic N) is 1. The molecule has 0 radical (unpaired) electrons. The van der Waals surface area contributed by atoms with Gasteiger partial charge in [-0.15, -0.1) is 0 Å². The zero-order valence-corrected chi connectivity index (χ0v) is 20.3. The van der Waals surface area contributed by atoms with Crippen molar-refractivity contribution < 1.29 is 4.39 Å². The Morgan fingerprint density at radius 3 is 1.48 bits per heavy atom. The lowest BCUT2D eigenvalue weighted by Crippen LogP contribution is -2.98. The first-order valence-electron chi connectivity index (χ1n) is 7.98. The van der Waals surface area contributed by atoms with Crippen molar-refractivity contribution >= 4 is 35.3 Å². The van der Waals surface area contributed by atoms with Crippen molar-refractivity contribution in [3.05, 3.63) is 0 Å². The van der Waals surface area contributed by atoms with Crippen LogP contribution >= 0.6 is 7.92 Å². The van der Waals surface area contributed by atoms with E-state index in [0.29, 0.717) is 10.3 Å². The third kappa shape index (κ3) is 10.4. The molecule has 0 aromatic rings. The van der Waals surface area contributed by atoms with Gasteiger partial charge in [-0.2, -0.15) is 0 Å². The van der Waals surface area contributed by atoms with E-state index < -0.39 is 16.5 Å². The normalized spacial score (nSPS) is 16.6. The zero-order chi connectivity index (χ0) is 17.3. The largest absolute Gasteiger partial charge is 0.337 e. The molecule has 0 spiro atoms. The molecule has 2 N–H and O–H groups in total. The summed E-state index contributed by atoms with van der Waals surface area (Å²) in [5.41, 5.74) is 1.30. The topological polar surface area (TPSA) is 29.0 Å². The average Bonchev–Trinajstić information content (AvgIpc) is 2.04. The highest BCUT2D eigenvalue weighted by molar-refractivity contribution is 7.91. The summed E-state index contributed by atoms with van der Waals surface area (Å²) in [5.74, 6) is 0. The van der Waals surface area contributed by atoms with Crippen molar-refractivity contribution in [2.24, 2.45) is 4.03 Å². The van der Waals surface area contributed by atoms with Crippen LogP contribution in [0.25, 0.3) is 0 Å². The molecule has 0 rings (SSSR count). The van der Waals surface area contributed by atoms with E-state index in [-0.39, 0.29) is 18.8 Å². The van der Waals surface area contributed by atoms with E-state index in [4.69, 9.17) is 4.03 Å². The number of quaternary nitrogens is 1. The monoisotopic (exact) mass is 367 g/mol. The Balaban J connectivity index is 5.51. The first-order chi connectivity index (χ1) is 8.92. The van der Waals surface area contributed by atoms with Gasteiger partial charge in [0.05, 0.1) is 16.4 Å². The second kappa shape index (κ2) is 7.25. The van der Waals surface area contributed by atoms with Crippen LogP contribution in [-0.2, 0) is 10.9 Å². The number of nitrogens with two attached hydrogens (primary N) is 1. The van der Waals surface area contributed by atoms with Gasteiger partial charge >= 0.3 is 0 Å². The maximum absolute atomic E-state index is 5.32. The van der Waals surface area contributed by atoms with Crippen molar-refractivity contribution in [3.63, 3.8) is 0 Å². The highest BCUT2D eigenvalue weighted by Crippen LogP contribution is 2.59. The molecule has 0 fully saturated rings. The standard InChI is InChI=1S/C15H39N2PSSi2/c1-14(2,3)18(15(4,5)6)13-19(16-20(7,8)9)17-21(10,11)12/h13H2,1-12H3,(H,16,17)/p+1. The Labute approximate surface area is 140 Å². The highest BCUT2D eigenvalue weighted by Gasteiger charge is 2.37. The molecule has 0 aromatic heterocycles. The third-order valence-corrected chi connectivity index (χ3v) is 15.1. The summed E-state index contributed by atoms with van der Waals surface area (Å²) in [4.78, 5) is 0. The summed E-state index contributed by atoms with van der Waals surface area (Å²) >= 11 is 0. The molecule has 0 amide bonds. The van der Waals surface area contributed by atoms with Crippen LogP contribution in [-0.4, -0.2) is 32.3 Å². The fourth-order valence-corrected chi connectivity index (χ4v) is 17.0. The molecule has 0 aliphatic carbocycles. The van der Waals surface area contributed by atoms with Gasteiger partial charge in [0.2, 0.25) is 0 Å². The summed E-state index contributed by atoms with van der Waals surface area (Å²) in [6.45, 7) is 29.0. The van der Waals surface area contributed by atoms with Crippen LogP contribution < -0.4 is 4.39 Å². The van der Waals surface area contributed by atoms with Gasteiger partial charge in [0, 0.05) is 0 Å². The molecule has 0 saturated carbocycles. The van der Waals surface area contributed by atoms with Gasteiger partial charge in [0.25, 0.3) is 8.24 Å². The molecule has 1 unspecified atom stereocenters. The van der Waals surface area contributed by atoms with E-state index in [2.05, 4.69) is 85.2 Å². The molecule has 6 heteroatoms. The maximum Gasteiger partial charge on any atom is 0.285 e. The second-order valence-electron chi connectivity index (χ2n) is 10.0. The van der Waals surface area contributed by atoms with E-state index >= 15 is 0 Å². The first-order valence-corrected chi connectivity index (χ1v) is 17.9. The number of hydrogen-bond acceptors (Lipinski definition) is 1. The lowest BCUT2D eigenvalue weighted by Gasteiger charge is -2.41. The van der Waals surface area contributed by atoms with E-state index in [9.17, 15) is 0 Å². The van der Waals surface area contributed by atoms with Gasteiger partial charge in [0.15, 0.2) is 8.24 Å². The minimum absolute atomic E-state index is 0.0563. The smallest absolute Gasteiger partial charge is 0.285 e. The van der Waals surface area contributed by atoms with Crippen molar-refractivity contribution in [1.29, 1.82) is 0 Å². The fraction of sp³-hybridized carbons (Fsp3) is 1.00. The van der Waals surface area contributed by atoms with E-state index in [1.54, 1.807) is 0 Å². The number of rotatable bonds is 5. The Bertz CT molecular complexity index is 357. The van der Waals surface area contributed by atoms with Gasteiger partial charge in [-0.25, -0.2) is 0 Å². The Morgan fingerprint density at radius 2 is 1.24 bits per heavy atom. The van der Waals surface area contributed by atoms with Crippen molar-refractivity contribution in [2.45, 2.75) is 91.1 Å². The molecular formula is C15H40N2PSSi2+. The van der Waals surface area contributed by atoms with Crippen LogP contribution in [0.1, 0.15) is 41.5 Å². The predicted octanol–water partition coefficient (Wildman–Crippen LogP) is 4.97. The average molecular weight is 368 g/mol. The van der Waals surface area contributed by atoms with Crippen molar-refractivity contribution in [1.82, 2.24) is 0 Å². The van der Waals surface area contributed by atoms with Gasteiger partial charge in [-0.3, -0.25) is 4.03 Å². The molecule has 1 atom stereocenters. The molecule has 0 aliphatic heterocycles. The van der Waals surface area contributed by atoms with Crippen LogP contribution in [0, 0.1) is 0 Å². The van der Waals surface area contributed by atoms with Gasteiger partial charge in [-0.05, 0) is 49.6 Å². The van der Waals surface area contributed by atoms with Gasteiger partial charge < -0.3 is 4.39 Å². The minimum atomic E-state index is -1.37. The third-order valence-electron chi connectivity index (χ3n) is 2.76. The molecule has 2 nitrogen and oxygen atoms in total. The Hall–Kier alpha value is 0.974. The van der Waals surface area contributed by atoms with E-state index in [1.807, 2.05) is 0 Å². The van der Waals surface area contributed by atoms with Crippen LogP contribution in [0.15, 0.2) is 4.03 Å². The Kier molecular flexibility index (Phi) is 7.59. The highest BCUT2D eigenvalue weighted by atomic mass is 32.2. The van der Waals surface area contributed by atoms with Crippen LogP contribution in [0.2, 0.25) is 39.3 Å². The molecule has 0 saturated heterocycles. The molecule has 0 bridgehead atoms. The lowest BCUT2D eigenvalue weighted by molar-refractivity contribution is -0.335. The Morgan fingerprint density at radius 1 is 0.857 bits per heavy atom. The summed E-state index contributed by atoms with van der Waals surface area (Å²) in [6.07, 6.45) is 0. The summed E-state index contributed by atoms with van der Waals surface area (Å²) in [7, 11) is -2.44. The molecule has 128 valence electrons. The number of hydrogen-bond donors (Lipinski definition) is 1. The molecule has 0 aromatic carbocycles. The molecule has 0 heterocycles. The maximum atomic E-state index is 5.32. The molecule has 0 aliphatic rings. The second-order valence-corrected chi connectivity index (χ2v) is 26.2. The van der Waals surface area contributed by atoms with Crippen molar-refractivity contribution in [3.8, 4) is 0 Å². The van der Waals surface area contributed by atoms with Gasteiger partial charge in [-0.1, -0.05) is 49.5 Å². The zero-order valence-electron chi connectivity index (χ0n) is 16.6. The fourth-order valence-electron chi connectivity index (χ4n) is 2.38. The van der Waals surface area contributed by atoms with Gasteiger partial charge in [0.1, 0.15) is 0 Å². The summed E-state index contributed by atoms with van der Waals surface area (Å²) < 4.78 is 7.99. The van der Waals surface area contributed by atoms with E-state index in [1.165, 1.54) is 5.49 Å². The van der Waals surface area contributed by atoms with Crippen LogP contribution in [0.3, 0.4) is 0 Å². The quantitative estimate of drug-likeness (QED) is 0.525. The van der Waals surface area contributed by atoms with Crippen LogP contribution in [0.4, 0.5) is 0 Å². The van der Waals surface area contributed by atoms with Crippen molar-refractivity contribution in [2.75, 3.05) is 5.49 Å². The summed E-state index contributed by atoms with van der Waals surface area (Å²) in [6, 6.07) is 0. The van der Waals surface area contributed by atoms with Crippen LogP contribution in [0.5, 0.6) is 0 Å². The van der Waals surface area contributed by atoms with E-state index in [0.717, 1.165) is 0 Å². The first kappa shape index (κ1) is 22.0. The molecule has 21 heavy (non-hydrogen) atoms. The summed E-state index contributed by atoms with van der Waals surface area (Å²) in [5, 5.41) is 0.808. The lowest BCUT2D eigenvalue weighted by atomic mass is 10.2. The SMILES string of the molecule is CC(C)(C)P(CS(=N[Si](C)(C)C)[NH2+][Si](C)(C)C)C(C)(C)C. The molecular weight excluding hydrogens is 327 g/mol. The predicted molar refractivity (Wildman–Crippen MR) is 110 cm³/mol. The minimum Gasteiger partial charge on any atom is -0.337 e.